The van der Waals surface area contributed by atoms with E-state index in [1.807, 2.05) is 77.2 Å². The summed E-state index contributed by atoms with van der Waals surface area (Å²) < 4.78 is 5.23. The third-order valence-corrected chi connectivity index (χ3v) is 11.4. The Balaban J connectivity index is 0.796. The van der Waals surface area contributed by atoms with Crippen LogP contribution in [0.5, 0.6) is 0 Å². The van der Waals surface area contributed by atoms with Gasteiger partial charge in [-0.05, 0) is 98.8 Å². The number of H-pyrrole nitrogens is 1. The smallest absolute Gasteiger partial charge is 0.328 e. The summed E-state index contributed by atoms with van der Waals surface area (Å²) in [5, 5.41) is 17.3. The van der Waals surface area contributed by atoms with Crippen LogP contribution in [0.1, 0.15) is 80.6 Å². The van der Waals surface area contributed by atoms with Crippen molar-refractivity contribution in [3.05, 3.63) is 96.0 Å². The zero-order valence-electron chi connectivity index (χ0n) is 35.2. The van der Waals surface area contributed by atoms with Crippen molar-refractivity contribution in [2.75, 3.05) is 54.4 Å². The molecule has 0 bridgehead atoms. The van der Waals surface area contributed by atoms with Gasteiger partial charge < -0.3 is 30.4 Å². The number of aromatic amines is 1. The molecule has 16 heteroatoms. The second-order valence-electron chi connectivity index (χ2n) is 16.9. The lowest BCUT2D eigenvalue weighted by atomic mass is 9.96. The quantitative estimate of drug-likeness (QED) is 0.0791. The highest BCUT2D eigenvalue weighted by atomic mass is 16.5. The van der Waals surface area contributed by atoms with Crippen molar-refractivity contribution < 1.29 is 18.9 Å². The lowest BCUT2D eigenvalue weighted by Crippen LogP contribution is -2.49. The van der Waals surface area contributed by atoms with E-state index in [1.54, 1.807) is 11.2 Å². The maximum Gasteiger partial charge on any atom is 0.328 e. The molecule has 0 radical (unpaired) electrons. The number of carbonyl (C=O) groups is 3. The predicted octanol–water partition coefficient (Wildman–Crippen LogP) is 6.53. The number of aromatic nitrogens is 6. The van der Waals surface area contributed by atoms with Crippen LogP contribution < -0.4 is 31.1 Å². The first-order valence-electron chi connectivity index (χ1n) is 20.9. The maximum absolute atomic E-state index is 12.9. The number of aryl methyl sites for hydroxylation is 1. The number of anilines is 3. The van der Waals surface area contributed by atoms with E-state index in [4.69, 9.17) is 4.52 Å². The van der Waals surface area contributed by atoms with Crippen LogP contribution >= 0.6 is 0 Å². The van der Waals surface area contributed by atoms with Gasteiger partial charge in [-0.15, -0.1) is 0 Å². The summed E-state index contributed by atoms with van der Waals surface area (Å²) in [5.41, 5.74) is 7.91. The van der Waals surface area contributed by atoms with E-state index >= 15 is 0 Å². The second kappa shape index (κ2) is 17.5. The highest BCUT2D eigenvalue weighted by Gasteiger charge is 2.27. The first-order valence-corrected chi connectivity index (χ1v) is 20.9. The molecule has 61 heavy (non-hydrogen) atoms. The predicted molar refractivity (Wildman–Crippen MR) is 234 cm³/mol. The fourth-order valence-corrected chi connectivity index (χ4v) is 7.88. The molecule has 6 heterocycles. The Labute approximate surface area is 354 Å². The minimum atomic E-state index is -0.415. The summed E-state index contributed by atoms with van der Waals surface area (Å²) in [6.45, 7) is 14.8. The molecule has 0 saturated carbocycles. The molecule has 316 valence electrons. The molecule has 2 aliphatic rings. The Morgan fingerprint density at radius 2 is 1.70 bits per heavy atom. The summed E-state index contributed by atoms with van der Waals surface area (Å²) in [5.74, 6) is 1.21. The average molecular weight is 825 g/mol. The van der Waals surface area contributed by atoms with E-state index in [-0.39, 0.29) is 29.3 Å². The third-order valence-electron chi connectivity index (χ3n) is 11.4. The number of nitrogens with zero attached hydrogens (tertiary/aromatic N) is 7. The van der Waals surface area contributed by atoms with E-state index in [1.165, 1.54) is 0 Å². The van der Waals surface area contributed by atoms with Crippen molar-refractivity contribution in [2.24, 2.45) is 5.92 Å². The van der Waals surface area contributed by atoms with Gasteiger partial charge >= 0.3 is 17.8 Å². The number of hydrogen-bond donors (Lipinski definition) is 5. The average Bonchev–Trinajstić information content (AvgIpc) is 3.94. The number of nitrogens with one attached hydrogen (secondary N) is 5. The zero-order valence-corrected chi connectivity index (χ0v) is 35.2. The summed E-state index contributed by atoms with van der Waals surface area (Å²) in [7, 11) is 0. The number of pyridine rings is 1. The van der Waals surface area contributed by atoms with Crippen LogP contribution in [0, 0.1) is 12.8 Å². The highest BCUT2D eigenvalue weighted by molar-refractivity contribution is 6.05. The summed E-state index contributed by atoms with van der Waals surface area (Å²) in [6.07, 6.45) is 5.95. The van der Waals surface area contributed by atoms with Gasteiger partial charge in [-0.25, -0.2) is 19.7 Å². The number of piperidine rings is 1. The monoisotopic (exact) mass is 824 g/mol. The van der Waals surface area contributed by atoms with Crippen LogP contribution in [0.15, 0.2) is 77.7 Å². The fourth-order valence-electron chi connectivity index (χ4n) is 7.88. The van der Waals surface area contributed by atoms with Crippen molar-refractivity contribution >= 4 is 46.1 Å². The molecule has 4 amide bonds. The molecule has 2 aromatic carbocycles. The Hall–Kier alpha value is -6.68. The number of hydrogen-bond acceptors (Lipinski definition) is 12. The lowest BCUT2D eigenvalue weighted by molar-refractivity contribution is -0.120. The molecule has 4 aromatic heterocycles. The molecular formula is C45H52N12O4. The van der Waals surface area contributed by atoms with Gasteiger partial charge in [-0.2, -0.15) is 4.98 Å². The number of imide groups is 1. The Morgan fingerprint density at radius 3 is 2.41 bits per heavy atom. The first kappa shape index (κ1) is 41.1. The van der Waals surface area contributed by atoms with Gasteiger partial charge in [-0.1, -0.05) is 38.1 Å². The summed E-state index contributed by atoms with van der Waals surface area (Å²) in [6, 6.07) is 19.6. The fraction of sp³-hybridized carbons (Fsp3) is 0.378. The van der Waals surface area contributed by atoms with Gasteiger partial charge in [0.15, 0.2) is 5.82 Å². The Bertz CT molecular complexity index is 2520. The normalized spacial score (nSPS) is 15.6. The van der Waals surface area contributed by atoms with Gasteiger partial charge in [0.1, 0.15) is 17.8 Å². The first-order chi connectivity index (χ1) is 29.4. The number of carbonyl (C=O) groups excluding carboxylic acids is 3. The minimum Gasteiger partial charge on any atom is -0.372 e. The van der Waals surface area contributed by atoms with Crippen molar-refractivity contribution in [3.63, 3.8) is 0 Å². The van der Waals surface area contributed by atoms with Crippen molar-refractivity contribution in [1.82, 2.24) is 46.0 Å². The SMILES string of the molecule is Cc1cc(-c2ncnc3[nH]c(-c4ccc(NCCNCC5CCN(c6ccc(N7CCC(=O)NC7=O)cc6)CC5)nc4)cc23)ccc1[C@H](C)NC(=O)c1nc(C(C)(C)C)no1. The highest BCUT2D eigenvalue weighted by Crippen LogP contribution is 2.32. The van der Waals surface area contributed by atoms with Crippen molar-refractivity contribution in [1.29, 1.82) is 0 Å². The van der Waals surface area contributed by atoms with Crippen LogP contribution in [0.2, 0.25) is 0 Å². The van der Waals surface area contributed by atoms with E-state index in [0.29, 0.717) is 24.7 Å². The third kappa shape index (κ3) is 9.39. The number of fused-ring (bicyclic) bond motifs is 1. The molecule has 0 unspecified atom stereocenters. The van der Waals surface area contributed by atoms with E-state index in [9.17, 15) is 14.4 Å². The molecule has 2 aliphatic heterocycles. The molecule has 16 nitrogen and oxygen atoms in total. The van der Waals surface area contributed by atoms with Gasteiger partial charge in [0.05, 0.1) is 11.7 Å². The zero-order chi connectivity index (χ0) is 42.7. The van der Waals surface area contributed by atoms with E-state index in [2.05, 4.69) is 80.5 Å². The van der Waals surface area contributed by atoms with Gasteiger partial charge in [0.25, 0.3) is 0 Å². The van der Waals surface area contributed by atoms with Crippen LogP contribution in [-0.4, -0.2) is 87.2 Å². The van der Waals surface area contributed by atoms with Gasteiger partial charge in [0.2, 0.25) is 5.91 Å². The van der Waals surface area contributed by atoms with E-state index in [0.717, 1.165) is 107 Å². The molecule has 0 aliphatic carbocycles. The van der Waals surface area contributed by atoms with E-state index < -0.39 is 5.91 Å². The molecule has 2 fully saturated rings. The summed E-state index contributed by atoms with van der Waals surface area (Å²) in [4.78, 5) is 62.2. The van der Waals surface area contributed by atoms with Crippen LogP contribution in [0.25, 0.3) is 33.5 Å². The number of benzene rings is 2. The van der Waals surface area contributed by atoms with Gasteiger partial charge in [-0.3, -0.25) is 19.8 Å². The van der Waals surface area contributed by atoms with Crippen molar-refractivity contribution in [3.8, 4) is 22.5 Å². The largest absolute Gasteiger partial charge is 0.372 e. The van der Waals surface area contributed by atoms with Crippen LogP contribution in [-0.2, 0) is 10.2 Å². The number of urea groups is 1. The lowest BCUT2D eigenvalue weighted by Gasteiger charge is -2.34. The summed E-state index contributed by atoms with van der Waals surface area (Å²) >= 11 is 0. The van der Waals surface area contributed by atoms with Gasteiger partial charge in [0, 0.05) is 84.3 Å². The second-order valence-corrected chi connectivity index (χ2v) is 16.9. The molecule has 0 spiro atoms. The van der Waals surface area contributed by atoms with Crippen LogP contribution in [0.3, 0.4) is 0 Å². The molecular weight excluding hydrogens is 773 g/mol. The molecule has 6 aromatic rings. The number of amides is 4. The Morgan fingerprint density at radius 1 is 0.934 bits per heavy atom. The van der Waals surface area contributed by atoms with Crippen molar-refractivity contribution in [2.45, 2.75) is 65.3 Å². The number of rotatable bonds is 13. The Kier molecular flexibility index (Phi) is 11.8. The molecule has 5 N–H and O–H groups in total. The maximum atomic E-state index is 12.9. The standard InChI is InChI=1S/C45H52N12O4/c1-27-22-30(6-12-34(27)28(2)51-41(59)42-54-43(55-61-42)45(3,4)5)39-35-23-36(52-40(35)50-26-49-39)31-7-13-37(48-25-31)47-18-17-46-24-29-14-19-56(20-15-29)32-8-10-33(11-9-32)57-21-16-38(58)53-44(57)60/h6-13,22-23,25-26,28-29,46H,14-21,24H2,1-5H3,(H,47,48)(H,51,59)(H,49,50,52)(H,53,58,60)/t28-/m0/s1. The molecule has 8 rings (SSSR count). The minimum absolute atomic E-state index is 0.0538. The molecule has 2 saturated heterocycles. The van der Waals surface area contributed by atoms with Crippen LogP contribution in [0.4, 0.5) is 22.0 Å². The topological polar surface area (TPSA) is 199 Å². The molecule has 1 atom stereocenters.